The van der Waals surface area contributed by atoms with Crippen LogP contribution in [0.25, 0.3) is 0 Å². The molecule has 5 heteroatoms. The first-order chi connectivity index (χ1) is 9.66. The van der Waals surface area contributed by atoms with E-state index in [9.17, 15) is 9.90 Å². The molecule has 0 heterocycles. The number of anilines is 1. The number of hydrogen-bond acceptors (Lipinski definition) is 3. The number of phenols is 1. The molecule has 1 amide bonds. The number of nitrogens with one attached hydrogen (secondary N) is 1. The summed E-state index contributed by atoms with van der Waals surface area (Å²) in [6.45, 7) is -0.00430. The molecule has 0 atom stereocenters. The summed E-state index contributed by atoms with van der Waals surface area (Å²) in [5.41, 5.74) is 1.29. The Balaban J connectivity index is 1.93. The van der Waals surface area contributed by atoms with E-state index in [-0.39, 0.29) is 18.2 Å². The summed E-state index contributed by atoms with van der Waals surface area (Å²) in [7, 11) is 0. The molecule has 2 aromatic rings. The highest BCUT2D eigenvalue weighted by Crippen LogP contribution is 2.20. The van der Waals surface area contributed by atoms with Crippen molar-refractivity contribution in [1.29, 1.82) is 0 Å². The van der Waals surface area contributed by atoms with Gasteiger partial charge in [-0.3, -0.25) is 9.79 Å². The normalized spacial score (nSPS) is 10.7. The number of rotatable bonds is 4. The number of benzene rings is 2. The van der Waals surface area contributed by atoms with Gasteiger partial charge in [-0.1, -0.05) is 24.3 Å². The molecule has 0 aromatic heterocycles. The van der Waals surface area contributed by atoms with Crippen molar-refractivity contribution in [3.8, 4) is 5.75 Å². The zero-order valence-electron chi connectivity index (χ0n) is 10.6. The Kier molecular flexibility index (Phi) is 4.90. The molecule has 0 aliphatic rings. The third kappa shape index (κ3) is 3.93. The van der Waals surface area contributed by atoms with Crippen LogP contribution in [0.4, 0.5) is 5.69 Å². The van der Waals surface area contributed by atoms with Crippen molar-refractivity contribution in [1.82, 2.24) is 0 Å². The molecule has 2 rings (SSSR count). The largest absolute Gasteiger partial charge is 0.507 e. The number of halogens is 1. The van der Waals surface area contributed by atoms with E-state index in [4.69, 9.17) is 0 Å². The second kappa shape index (κ2) is 6.86. The monoisotopic (exact) mass is 332 g/mol. The lowest BCUT2D eigenvalue weighted by Crippen LogP contribution is -2.15. The number of amides is 1. The van der Waals surface area contributed by atoms with Crippen LogP contribution < -0.4 is 5.32 Å². The lowest BCUT2D eigenvalue weighted by Gasteiger charge is -2.05. The van der Waals surface area contributed by atoms with Crippen LogP contribution in [0.15, 0.2) is 58.0 Å². The Morgan fingerprint density at radius 3 is 2.65 bits per heavy atom. The third-order valence-corrected chi connectivity index (χ3v) is 3.24. The standard InChI is InChI=1S/C15H13BrN2O2/c16-12-6-2-3-7-13(12)18-15(20)10-17-9-11-5-1-4-8-14(11)19/h1-9,19H,10H2,(H,18,20). The molecule has 2 aromatic carbocycles. The lowest BCUT2D eigenvalue weighted by atomic mass is 10.2. The highest BCUT2D eigenvalue weighted by atomic mass is 79.9. The second-order valence-electron chi connectivity index (χ2n) is 4.06. The minimum absolute atomic E-state index is 0.00430. The van der Waals surface area contributed by atoms with Gasteiger partial charge < -0.3 is 10.4 Å². The van der Waals surface area contributed by atoms with Crippen molar-refractivity contribution in [3.05, 3.63) is 58.6 Å². The second-order valence-corrected chi connectivity index (χ2v) is 4.91. The molecule has 20 heavy (non-hydrogen) atoms. The molecule has 0 bridgehead atoms. The maximum atomic E-state index is 11.7. The molecule has 0 aliphatic carbocycles. The Morgan fingerprint density at radius 1 is 1.20 bits per heavy atom. The molecular weight excluding hydrogens is 320 g/mol. The molecule has 0 aliphatic heterocycles. The summed E-state index contributed by atoms with van der Waals surface area (Å²) >= 11 is 3.35. The van der Waals surface area contributed by atoms with Crippen molar-refractivity contribution in [2.75, 3.05) is 11.9 Å². The fourth-order valence-electron chi connectivity index (χ4n) is 1.58. The summed E-state index contributed by atoms with van der Waals surface area (Å²) in [5, 5.41) is 12.3. The van der Waals surface area contributed by atoms with E-state index in [1.165, 1.54) is 6.21 Å². The van der Waals surface area contributed by atoms with Gasteiger partial charge in [0.15, 0.2) is 0 Å². The van der Waals surface area contributed by atoms with Crippen LogP contribution in [0.2, 0.25) is 0 Å². The van der Waals surface area contributed by atoms with Gasteiger partial charge in [-0.25, -0.2) is 0 Å². The van der Waals surface area contributed by atoms with Crippen LogP contribution in [0.5, 0.6) is 5.75 Å². The average Bonchev–Trinajstić information content (AvgIpc) is 2.43. The first-order valence-electron chi connectivity index (χ1n) is 5.99. The molecule has 0 unspecified atom stereocenters. The van der Waals surface area contributed by atoms with Crippen molar-refractivity contribution < 1.29 is 9.90 Å². The summed E-state index contributed by atoms with van der Waals surface area (Å²) in [5.74, 6) is -0.0777. The van der Waals surface area contributed by atoms with E-state index in [0.717, 1.165) is 4.47 Å². The molecule has 0 fully saturated rings. The van der Waals surface area contributed by atoms with Gasteiger partial charge in [-0.05, 0) is 40.2 Å². The smallest absolute Gasteiger partial charge is 0.246 e. The fourth-order valence-corrected chi connectivity index (χ4v) is 1.96. The van der Waals surface area contributed by atoms with E-state index in [0.29, 0.717) is 11.3 Å². The molecular formula is C15H13BrN2O2. The first-order valence-corrected chi connectivity index (χ1v) is 6.78. The Hall–Kier alpha value is -2.14. The number of carbonyl (C=O) groups excluding carboxylic acids is 1. The minimum atomic E-state index is -0.219. The molecule has 4 nitrogen and oxygen atoms in total. The van der Waals surface area contributed by atoms with Crippen molar-refractivity contribution in [2.24, 2.45) is 4.99 Å². The van der Waals surface area contributed by atoms with E-state index >= 15 is 0 Å². The summed E-state index contributed by atoms with van der Waals surface area (Å²) in [6, 6.07) is 14.2. The fraction of sp³-hybridized carbons (Fsp3) is 0.0667. The lowest BCUT2D eigenvalue weighted by molar-refractivity contribution is -0.114. The van der Waals surface area contributed by atoms with Crippen molar-refractivity contribution in [3.63, 3.8) is 0 Å². The van der Waals surface area contributed by atoms with Crippen LogP contribution in [0.3, 0.4) is 0 Å². The molecule has 0 spiro atoms. The quantitative estimate of drug-likeness (QED) is 0.844. The van der Waals surface area contributed by atoms with E-state index in [1.54, 1.807) is 30.3 Å². The van der Waals surface area contributed by atoms with Crippen molar-refractivity contribution in [2.45, 2.75) is 0 Å². The van der Waals surface area contributed by atoms with Crippen LogP contribution in [-0.2, 0) is 4.79 Å². The Labute approximate surface area is 125 Å². The van der Waals surface area contributed by atoms with Gasteiger partial charge in [0.25, 0.3) is 0 Å². The van der Waals surface area contributed by atoms with Gasteiger partial charge >= 0.3 is 0 Å². The van der Waals surface area contributed by atoms with Crippen molar-refractivity contribution >= 4 is 33.7 Å². The number of carbonyl (C=O) groups is 1. The zero-order valence-corrected chi connectivity index (χ0v) is 12.2. The molecule has 0 radical (unpaired) electrons. The topological polar surface area (TPSA) is 61.7 Å². The number of para-hydroxylation sites is 2. The molecule has 102 valence electrons. The zero-order chi connectivity index (χ0) is 14.4. The first kappa shape index (κ1) is 14.3. The predicted molar refractivity (Wildman–Crippen MR) is 83.3 cm³/mol. The molecule has 0 saturated carbocycles. The summed E-state index contributed by atoms with van der Waals surface area (Å²) in [6.07, 6.45) is 1.48. The van der Waals surface area contributed by atoms with Gasteiger partial charge in [0.05, 0.1) is 5.69 Å². The van der Waals surface area contributed by atoms with Gasteiger partial charge in [0.2, 0.25) is 5.91 Å². The number of nitrogens with zero attached hydrogens (tertiary/aromatic N) is 1. The number of hydrogen-bond donors (Lipinski definition) is 2. The molecule has 2 N–H and O–H groups in total. The maximum absolute atomic E-state index is 11.7. The van der Waals surface area contributed by atoms with Gasteiger partial charge in [0, 0.05) is 16.3 Å². The highest BCUT2D eigenvalue weighted by molar-refractivity contribution is 9.10. The highest BCUT2D eigenvalue weighted by Gasteiger charge is 2.03. The third-order valence-electron chi connectivity index (χ3n) is 2.55. The molecule has 0 saturated heterocycles. The van der Waals surface area contributed by atoms with Crippen LogP contribution in [0, 0.1) is 0 Å². The van der Waals surface area contributed by atoms with Crippen LogP contribution in [-0.4, -0.2) is 23.8 Å². The number of aromatic hydroxyl groups is 1. The summed E-state index contributed by atoms with van der Waals surface area (Å²) in [4.78, 5) is 15.7. The van der Waals surface area contributed by atoms with Gasteiger partial charge in [-0.2, -0.15) is 0 Å². The maximum Gasteiger partial charge on any atom is 0.246 e. The van der Waals surface area contributed by atoms with Crippen LogP contribution >= 0.6 is 15.9 Å². The Morgan fingerprint density at radius 2 is 1.90 bits per heavy atom. The average molecular weight is 333 g/mol. The SMILES string of the molecule is O=C(CN=Cc1ccccc1O)Nc1ccccc1Br. The summed E-state index contributed by atoms with van der Waals surface area (Å²) < 4.78 is 0.818. The van der Waals surface area contributed by atoms with E-state index in [2.05, 4.69) is 26.2 Å². The van der Waals surface area contributed by atoms with Crippen LogP contribution in [0.1, 0.15) is 5.56 Å². The van der Waals surface area contributed by atoms with Gasteiger partial charge in [0.1, 0.15) is 12.3 Å². The Bertz CT molecular complexity index is 641. The number of phenolic OH excluding ortho intramolecular Hbond substituents is 1. The number of aliphatic imine (C=N–C) groups is 1. The van der Waals surface area contributed by atoms with Gasteiger partial charge in [-0.15, -0.1) is 0 Å². The van der Waals surface area contributed by atoms with E-state index < -0.39 is 0 Å². The minimum Gasteiger partial charge on any atom is -0.507 e. The van der Waals surface area contributed by atoms with E-state index in [1.807, 2.05) is 18.2 Å². The predicted octanol–water partition coefficient (Wildman–Crippen LogP) is 3.21.